The molecule has 3 aromatic rings. The van der Waals surface area contributed by atoms with E-state index in [1.165, 1.54) is 33.4 Å². The second kappa shape index (κ2) is 11.0. The number of carbonyl (C=O) groups excluding carboxylic acids is 1. The average Bonchev–Trinajstić information content (AvgIpc) is 3.41. The van der Waals surface area contributed by atoms with Crippen molar-refractivity contribution in [2.45, 2.75) is 62.4 Å². The van der Waals surface area contributed by atoms with Gasteiger partial charge in [0.2, 0.25) is 15.9 Å². The fraction of sp³-hybridized carbons (Fsp3) is 0.393. The Morgan fingerprint density at radius 1 is 1.05 bits per heavy atom. The molecule has 8 nitrogen and oxygen atoms in total. The maximum atomic E-state index is 14.0. The minimum Gasteiger partial charge on any atom is -0.330 e. The third kappa shape index (κ3) is 5.12. The Bertz CT molecular complexity index is 1430. The molecule has 1 amide bonds. The number of rotatable bonds is 7. The van der Waals surface area contributed by atoms with Gasteiger partial charge >= 0.3 is 0 Å². The quantitative estimate of drug-likeness (QED) is 0.286. The number of amides is 1. The van der Waals surface area contributed by atoms with E-state index in [0.29, 0.717) is 19.4 Å². The van der Waals surface area contributed by atoms with Crippen LogP contribution in [0.3, 0.4) is 0 Å². The lowest BCUT2D eigenvalue weighted by Crippen LogP contribution is -2.50. The van der Waals surface area contributed by atoms with Gasteiger partial charge in [-0.1, -0.05) is 43.5 Å². The molecule has 1 aliphatic heterocycles. The van der Waals surface area contributed by atoms with E-state index in [1.807, 2.05) is 36.1 Å². The number of non-ortho nitro benzene ring substituents is 1. The highest BCUT2D eigenvalue weighted by molar-refractivity contribution is 7.89. The van der Waals surface area contributed by atoms with Crippen LogP contribution in [0.5, 0.6) is 0 Å². The third-order valence-electron chi connectivity index (χ3n) is 7.70. The molecule has 0 spiro atoms. The van der Waals surface area contributed by atoms with Crippen LogP contribution in [0.15, 0.2) is 64.9 Å². The van der Waals surface area contributed by atoms with E-state index in [9.17, 15) is 23.3 Å². The number of thiophene rings is 1. The lowest BCUT2D eigenvalue weighted by Gasteiger charge is -2.39. The topological polar surface area (TPSA) is 101 Å². The summed E-state index contributed by atoms with van der Waals surface area (Å²) in [6, 6.07) is 14.5. The van der Waals surface area contributed by atoms with Crippen molar-refractivity contribution in [2.75, 3.05) is 13.1 Å². The van der Waals surface area contributed by atoms with Gasteiger partial charge in [-0.15, -0.1) is 11.3 Å². The van der Waals surface area contributed by atoms with Crippen LogP contribution in [0.4, 0.5) is 5.69 Å². The minimum atomic E-state index is -4.05. The fourth-order valence-corrected chi connectivity index (χ4v) is 8.23. The number of nitro benzene ring substituents is 1. The summed E-state index contributed by atoms with van der Waals surface area (Å²) in [5.41, 5.74) is 3.05. The SMILES string of the molecule is Cc1ccccc1C1c2ccsc2CCN1C(=O)CN(C1CCCCC1)S(=O)(=O)c1ccc([N+](=O)[O-])cc1. The Hall–Kier alpha value is -3.08. The first-order valence-electron chi connectivity index (χ1n) is 12.9. The Morgan fingerprint density at radius 2 is 1.76 bits per heavy atom. The molecule has 5 rings (SSSR count). The van der Waals surface area contributed by atoms with Gasteiger partial charge in [0.15, 0.2) is 0 Å². The summed E-state index contributed by atoms with van der Waals surface area (Å²) < 4.78 is 29.1. The van der Waals surface area contributed by atoms with Crippen LogP contribution in [0, 0.1) is 17.0 Å². The van der Waals surface area contributed by atoms with E-state index in [2.05, 4.69) is 11.4 Å². The van der Waals surface area contributed by atoms with Crippen LogP contribution in [-0.4, -0.2) is 47.6 Å². The van der Waals surface area contributed by atoms with Gasteiger partial charge in [0, 0.05) is 29.6 Å². The number of nitrogens with zero attached hydrogens (tertiary/aromatic N) is 3. The smallest absolute Gasteiger partial charge is 0.269 e. The van der Waals surface area contributed by atoms with Crippen LogP contribution >= 0.6 is 11.3 Å². The molecule has 1 aromatic heterocycles. The number of nitro groups is 1. The number of sulfonamides is 1. The van der Waals surface area contributed by atoms with Crippen LogP contribution in [0.2, 0.25) is 0 Å². The number of hydrogen-bond acceptors (Lipinski definition) is 6. The molecule has 1 fully saturated rings. The summed E-state index contributed by atoms with van der Waals surface area (Å²) in [6.45, 7) is 2.29. The van der Waals surface area contributed by atoms with Crippen LogP contribution < -0.4 is 0 Å². The molecule has 1 unspecified atom stereocenters. The lowest BCUT2D eigenvalue weighted by atomic mass is 9.90. The maximum Gasteiger partial charge on any atom is 0.269 e. The third-order valence-corrected chi connectivity index (χ3v) is 10.6. The number of fused-ring (bicyclic) bond motifs is 1. The molecule has 2 heterocycles. The summed E-state index contributed by atoms with van der Waals surface area (Å²) in [4.78, 5) is 27.6. The number of aryl methyl sites for hydroxylation is 1. The number of hydrogen-bond donors (Lipinski definition) is 0. The molecular weight excluding hydrogens is 522 g/mol. The van der Waals surface area contributed by atoms with Crippen molar-refractivity contribution in [1.82, 2.24) is 9.21 Å². The molecule has 2 aliphatic rings. The van der Waals surface area contributed by atoms with E-state index in [0.717, 1.165) is 42.4 Å². The second-order valence-corrected chi connectivity index (χ2v) is 12.9. The van der Waals surface area contributed by atoms with E-state index in [1.54, 1.807) is 11.3 Å². The summed E-state index contributed by atoms with van der Waals surface area (Å²) in [5.74, 6) is -0.230. The van der Waals surface area contributed by atoms with Crippen molar-refractivity contribution in [2.24, 2.45) is 0 Å². The molecule has 1 atom stereocenters. The highest BCUT2D eigenvalue weighted by Gasteiger charge is 2.39. The van der Waals surface area contributed by atoms with E-state index >= 15 is 0 Å². The molecule has 1 saturated carbocycles. The van der Waals surface area contributed by atoms with Crippen molar-refractivity contribution in [3.05, 3.63) is 91.7 Å². The van der Waals surface area contributed by atoms with Crippen molar-refractivity contribution in [1.29, 1.82) is 0 Å². The van der Waals surface area contributed by atoms with E-state index in [-0.39, 0.29) is 35.1 Å². The first-order valence-corrected chi connectivity index (χ1v) is 15.3. The molecule has 200 valence electrons. The lowest BCUT2D eigenvalue weighted by molar-refractivity contribution is -0.384. The highest BCUT2D eigenvalue weighted by atomic mass is 32.2. The fourth-order valence-electron chi connectivity index (χ4n) is 5.69. The molecule has 10 heteroatoms. The van der Waals surface area contributed by atoms with Crippen LogP contribution in [0.1, 0.15) is 59.7 Å². The maximum absolute atomic E-state index is 14.0. The molecule has 0 N–H and O–H groups in total. The van der Waals surface area contributed by atoms with Gasteiger partial charge in [0.1, 0.15) is 0 Å². The van der Waals surface area contributed by atoms with Crippen LogP contribution in [0.25, 0.3) is 0 Å². The van der Waals surface area contributed by atoms with Gasteiger partial charge < -0.3 is 4.90 Å². The Morgan fingerprint density at radius 3 is 2.45 bits per heavy atom. The largest absolute Gasteiger partial charge is 0.330 e. The predicted octanol–water partition coefficient (Wildman–Crippen LogP) is 5.46. The van der Waals surface area contributed by atoms with Gasteiger partial charge in [0.25, 0.3) is 5.69 Å². The number of benzene rings is 2. The summed E-state index contributed by atoms with van der Waals surface area (Å²) in [6.07, 6.45) is 4.96. The summed E-state index contributed by atoms with van der Waals surface area (Å²) in [7, 11) is -4.05. The highest BCUT2D eigenvalue weighted by Crippen LogP contribution is 2.39. The van der Waals surface area contributed by atoms with Crippen molar-refractivity contribution >= 4 is 33.0 Å². The van der Waals surface area contributed by atoms with Gasteiger partial charge in [-0.25, -0.2) is 8.42 Å². The van der Waals surface area contributed by atoms with E-state index in [4.69, 9.17) is 0 Å². The van der Waals surface area contributed by atoms with Crippen molar-refractivity contribution in [3.8, 4) is 0 Å². The molecule has 38 heavy (non-hydrogen) atoms. The first-order chi connectivity index (χ1) is 18.3. The monoisotopic (exact) mass is 553 g/mol. The second-order valence-electron chi connectivity index (χ2n) is 9.99. The van der Waals surface area contributed by atoms with Gasteiger partial charge in [-0.05, 0) is 66.5 Å². The van der Waals surface area contributed by atoms with Crippen molar-refractivity contribution in [3.63, 3.8) is 0 Å². The van der Waals surface area contributed by atoms with Gasteiger partial charge in [0.05, 0.1) is 22.4 Å². The predicted molar refractivity (Wildman–Crippen MR) is 147 cm³/mol. The normalized spacial score (nSPS) is 18.4. The van der Waals surface area contributed by atoms with Gasteiger partial charge in [-0.3, -0.25) is 14.9 Å². The molecule has 0 bridgehead atoms. The molecule has 1 aliphatic carbocycles. The van der Waals surface area contributed by atoms with Crippen LogP contribution in [-0.2, 0) is 21.2 Å². The Balaban J connectivity index is 1.49. The van der Waals surface area contributed by atoms with Crippen molar-refractivity contribution < 1.29 is 18.1 Å². The Labute approximate surface area is 227 Å². The summed E-state index contributed by atoms with van der Waals surface area (Å²) >= 11 is 1.69. The van der Waals surface area contributed by atoms with Gasteiger partial charge in [-0.2, -0.15) is 4.31 Å². The minimum absolute atomic E-state index is 0.0318. The molecule has 0 saturated heterocycles. The average molecular weight is 554 g/mol. The Kier molecular flexibility index (Phi) is 7.65. The summed E-state index contributed by atoms with van der Waals surface area (Å²) in [5, 5.41) is 13.2. The molecule has 0 radical (unpaired) electrons. The first kappa shape index (κ1) is 26.5. The zero-order valence-electron chi connectivity index (χ0n) is 21.3. The standard InChI is InChI=1S/C28H31N3O5S2/c1-20-7-5-6-10-24(20)28-25-16-18-37-26(25)15-17-29(28)27(32)19-30(21-8-3-2-4-9-21)38(35,36)23-13-11-22(12-14-23)31(33)34/h5-7,10-14,16,18,21,28H,2-4,8-9,15,17,19H2,1H3. The zero-order chi connectivity index (χ0) is 26.9. The van der Waals surface area contributed by atoms with E-state index < -0.39 is 14.9 Å². The number of carbonyl (C=O) groups is 1. The zero-order valence-corrected chi connectivity index (χ0v) is 22.9. The molecular formula is C28H31N3O5S2. The molecule has 2 aromatic carbocycles.